The third-order valence-corrected chi connectivity index (χ3v) is 6.79. The number of nitrogens with one attached hydrogen (secondary N) is 2. The minimum Gasteiger partial charge on any atom is -0.326 e. The highest BCUT2D eigenvalue weighted by atomic mass is 32.2. The van der Waals surface area contributed by atoms with E-state index in [9.17, 15) is 13.2 Å². The van der Waals surface area contributed by atoms with Crippen molar-refractivity contribution in [1.29, 1.82) is 0 Å². The summed E-state index contributed by atoms with van der Waals surface area (Å²) in [5.41, 5.74) is 4.27. The van der Waals surface area contributed by atoms with Crippen molar-refractivity contribution in [1.82, 2.24) is 9.62 Å². The Labute approximate surface area is 180 Å². The van der Waals surface area contributed by atoms with Gasteiger partial charge in [0.2, 0.25) is 15.9 Å². The van der Waals surface area contributed by atoms with Crippen molar-refractivity contribution in [3.63, 3.8) is 0 Å². The smallest absolute Gasteiger partial charge is 0.241 e. The quantitative estimate of drug-likeness (QED) is 0.600. The maximum absolute atomic E-state index is 12.7. The zero-order valence-corrected chi connectivity index (χ0v) is 19.4. The minimum atomic E-state index is -3.67. The summed E-state index contributed by atoms with van der Waals surface area (Å²) in [4.78, 5) is 14.9. The highest BCUT2D eigenvalue weighted by Gasteiger charge is 2.19. The molecule has 0 heterocycles. The van der Waals surface area contributed by atoms with Gasteiger partial charge < -0.3 is 5.32 Å². The molecule has 2 aromatic carbocycles. The van der Waals surface area contributed by atoms with Crippen LogP contribution in [0.4, 0.5) is 5.69 Å². The lowest BCUT2D eigenvalue weighted by Gasteiger charge is -2.18. The number of rotatable bonds is 10. The summed E-state index contributed by atoms with van der Waals surface area (Å²) < 4.78 is 27.9. The Morgan fingerprint density at radius 3 is 2.23 bits per heavy atom. The van der Waals surface area contributed by atoms with Crippen LogP contribution in [0.25, 0.3) is 0 Å². The lowest BCUT2D eigenvalue weighted by atomic mass is 10.1. The summed E-state index contributed by atoms with van der Waals surface area (Å²) in [7, 11) is -3.67. The second-order valence-corrected chi connectivity index (χ2v) is 9.29. The topological polar surface area (TPSA) is 78.5 Å². The molecular weight excluding hydrogens is 398 g/mol. The first-order valence-electron chi connectivity index (χ1n) is 10.3. The molecule has 2 aromatic rings. The van der Waals surface area contributed by atoms with E-state index in [1.807, 2.05) is 43.3 Å². The Morgan fingerprint density at radius 1 is 1.00 bits per heavy atom. The molecule has 0 atom stereocenters. The number of sulfonamides is 1. The second-order valence-electron chi connectivity index (χ2n) is 7.59. The number of carbonyl (C=O) groups excluding carboxylic acids is 1. The molecule has 0 aliphatic carbocycles. The SMILES string of the molecule is CCN(CC)Cc1cccc(NC(=O)CCNS(=O)(=O)c2c(C)cc(C)cc2C)c1. The molecule has 30 heavy (non-hydrogen) atoms. The number of aryl methyl sites for hydroxylation is 3. The lowest BCUT2D eigenvalue weighted by Crippen LogP contribution is -2.29. The molecule has 164 valence electrons. The van der Waals surface area contributed by atoms with Gasteiger partial charge in [-0.1, -0.05) is 43.7 Å². The maximum Gasteiger partial charge on any atom is 0.241 e. The van der Waals surface area contributed by atoms with Gasteiger partial charge in [0.15, 0.2) is 0 Å². The van der Waals surface area contributed by atoms with Crippen LogP contribution in [0.3, 0.4) is 0 Å². The van der Waals surface area contributed by atoms with E-state index in [0.717, 1.165) is 36.4 Å². The van der Waals surface area contributed by atoms with E-state index in [-0.39, 0.29) is 23.8 Å². The standard InChI is InChI=1S/C23H33N3O3S/c1-6-26(7-2)16-20-9-8-10-21(15-20)25-22(27)11-12-24-30(28,29)23-18(4)13-17(3)14-19(23)5/h8-10,13-15,24H,6-7,11-12,16H2,1-5H3,(H,25,27). The summed E-state index contributed by atoms with van der Waals surface area (Å²) in [6.45, 7) is 12.5. The van der Waals surface area contributed by atoms with Crippen molar-refractivity contribution in [2.24, 2.45) is 0 Å². The molecule has 2 rings (SSSR count). The average molecular weight is 432 g/mol. The van der Waals surface area contributed by atoms with E-state index < -0.39 is 10.0 Å². The summed E-state index contributed by atoms with van der Waals surface area (Å²) in [6, 6.07) is 11.4. The van der Waals surface area contributed by atoms with Crippen LogP contribution in [0.15, 0.2) is 41.3 Å². The Hall–Kier alpha value is -2.22. The highest BCUT2D eigenvalue weighted by Crippen LogP contribution is 2.21. The van der Waals surface area contributed by atoms with Crippen molar-refractivity contribution >= 4 is 21.6 Å². The fourth-order valence-corrected chi connectivity index (χ4v) is 5.12. The van der Waals surface area contributed by atoms with Gasteiger partial charge in [0.25, 0.3) is 0 Å². The molecule has 0 aliphatic heterocycles. The van der Waals surface area contributed by atoms with Crippen LogP contribution >= 0.6 is 0 Å². The monoisotopic (exact) mass is 431 g/mol. The summed E-state index contributed by atoms with van der Waals surface area (Å²) in [6.07, 6.45) is 0.0590. The number of hydrogen-bond acceptors (Lipinski definition) is 4. The predicted molar refractivity (Wildman–Crippen MR) is 122 cm³/mol. The van der Waals surface area contributed by atoms with Gasteiger partial charge in [-0.2, -0.15) is 0 Å². The molecule has 0 radical (unpaired) electrons. The molecule has 1 amide bonds. The third-order valence-electron chi connectivity index (χ3n) is 5.03. The van der Waals surface area contributed by atoms with Gasteiger partial charge in [0.05, 0.1) is 4.90 Å². The Kier molecular flexibility index (Phi) is 8.58. The number of benzene rings is 2. The van der Waals surface area contributed by atoms with Crippen LogP contribution in [-0.2, 0) is 21.4 Å². The van der Waals surface area contributed by atoms with Crippen molar-refractivity contribution in [2.75, 3.05) is 25.0 Å². The first kappa shape index (κ1) is 24.1. The van der Waals surface area contributed by atoms with Crippen LogP contribution in [0.2, 0.25) is 0 Å². The molecule has 0 aliphatic rings. The summed E-state index contributed by atoms with van der Waals surface area (Å²) in [5.74, 6) is -0.227. The van der Waals surface area contributed by atoms with E-state index >= 15 is 0 Å². The first-order valence-corrected chi connectivity index (χ1v) is 11.8. The van der Waals surface area contributed by atoms with E-state index in [1.165, 1.54) is 0 Å². The van der Waals surface area contributed by atoms with Crippen LogP contribution in [0, 0.1) is 20.8 Å². The van der Waals surface area contributed by atoms with Crippen molar-refractivity contribution in [3.05, 3.63) is 58.7 Å². The van der Waals surface area contributed by atoms with E-state index in [1.54, 1.807) is 13.8 Å². The number of amides is 1. The van der Waals surface area contributed by atoms with Crippen LogP contribution in [-0.4, -0.2) is 38.9 Å². The molecule has 0 bridgehead atoms. The Morgan fingerprint density at radius 2 is 1.63 bits per heavy atom. The van der Waals surface area contributed by atoms with E-state index in [0.29, 0.717) is 11.1 Å². The van der Waals surface area contributed by atoms with Crippen molar-refractivity contribution < 1.29 is 13.2 Å². The zero-order valence-electron chi connectivity index (χ0n) is 18.6. The number of anilines is 1. The van der Waals surface area contributed by atoms with Gasteiger partial charge in [-0.25, -0.2) is 13.1 Å². The Balaban J connectivity index is 1.94. The van der Waals surface area contributed by atoms with Gasteiger partial charge >= 0.3 is 0 Å². The van der Waals surface area contributed by atoms with Crippen LogP contribution < -0.4 is 10.0 Å². The average Bonchev–Trinajstić information content (AvgIpc) is 2.65. The van der Waals surface area contributed by atoms with Crippen LogP contribution in [0.5, 0.6) is 0 Å². The predicted octanol–water partition coefficient (Wildman–Crippen LogP) is 3.76. The number of carbonyl (C=O) groups is 1. The first-order chi connectivity index (χ1) is 14.2. The largest absolute Gasteiger partial charge is 0.326 e. The normalized spacial score (nSPS) is 11.7. The van der Waals surface area contributed by atoms with E-state index in [2.05, 4.69) is 28.8 Å². The summed E-state index contributed by atoms with van der Waals surface area (Å²) >= 11 is 0. The second kappa shape index (κ2) is 10.7. The third kappa shape index (κ3) is 6.65. The van der Waals surface area contributed by atoms with Gasteiger partial charge in [-0.15, -0.1) is 0 Å². The number of nitrogens with zero attached hydrogens (tertiary/aromatic N) is 1. The highest BCUT2D eigenvalue weighted by molar-refractivity contribution is 7.89. The minimum absolute atomic E-state index is 0.0417. The fraction of sp³-hybridized carbons (Fsp3) is 0.435. The Bertz CT molecular complexity index is 960. The van der Waals surface area contributed by atoms with E-state index in [4.69, 9.17) is 0 Å². The molecule has 0 saturated carbocycles. The van der Waals surface area contributed by atoms with Crippen LogP contribution in [0.1, 0.15) is 42.5 Å². The van der Waals surface area contributed by atoms with Gasteiger partial charge in [0.1, 0.15) is 0 Å². The molecule has 2 N–H and O–H groups in total. The lowest BCUT2D eigenvalue weighted by molar-refractivity contribution is -0.116. The van der Waals surface area contributed by atoms with Crippen molar-refractivity contribution in [3.8, 4) is 0 Å². The molecule has 0 fully saturated rings. The van der Waals surface area contributed by atoms with Gasteiger partial charge in [-0.3, -0.25) is 9.69 Å². The molecule has 0 saturated heterocycles. The molecule has 0 spiro atoms. The molecule has 7 heteroatoms. The molecular formula is C23H33N3O3S. The van der Waals surface area contributed by atoms with Gasteiger partial charge in [0, 0.05) is 25.2 Å². The molecule has 6 nitrogen and oxygen atoms in total. The molecule has 0 unspecified atom stereocenters. The number of hydrogen-bond donors (Lipinski definition) is 2. The fourth-order valence-electron chi connectivity index (χ4n) is 3.64. The maximum atomic E-state index is 12.7. The van der Waals surface area contributed by atoms with Crippen molar-refractivity contribution in [2.45, 2.75) is 52.5 Å². The molecule has 0 aromatic heterocycles. The summed E-state index contributed by atoms with van der Waals surface area (Å²) in [5, 5.41) is 2.86. The zero-order chi connectivity index (χ0) is 22.3. The van der Waals surface area contributed by atoms with Gasteiger partial charge in [-0.05, 0) is 62.7 Å².